The highest BCUT2D eigenvalue weighted by Gasteiger charge is 2.31. The lowest BCUT2D eigenvalue weighted by Crippen LogP contribution is -2.50. The highest BCUT2D eigenvalue weighted by molar-refractivity contribution is 5.85. The molecule has 0 aliphatic carbocycles. The number of carbonyl (C=O) groups is 1. The Balaban J connectivity index is 0.00000121. The molecule has 12 heavy (non-hydrogen) atoms. The van der Waals surface area contributed by atoms with Gasteiger partial charge in [0.25, 0.3) is 0 Å². The number of carbonyl (C=O) groups excluding carboxylic acids is 1. The minimum atomic E-state index is 0. The molecule has 1 aliphatic heterocycles. The summed E-state index contributed by atoms with van der Waals surface area (Å²) in [5.41, 5.74) is 0.134. The number of rotatable bonds is 2. The van der Waals surface area contributed by atoms with E-state index in [-0.39, 0.29) is 17.9 Å². The predicted molar refractivity (Wildman–Crippen MR) is 52.8 cm³/mol. The van der Waals surface area contributed by atoms with Gasteiger partial charge in [0.2, 0.25) is 0 Å². The summed E-state index contributed by atoms with van der Waals surface area (Å²) in [5, 5.41) is 3.44. The van der Waals surface area contributed by atoms with Crippen LogP contribution in [0.25, 0.3) is 0 Å². The van der Waals surface area contributed by atoms with Crippen molar-refractivity contribution in [2.75, 3.05) is 6.54 Å². The van der Waals surface area contributed by atoms with Crippen LogP contribution in [0.4, 0.5) is 0 Å². The third kappa shape index (κ3) is 2.46. The lowest BCUT2D eigenvalue weighted by Gasteiger charge is -2.36. The molecule has 1 saturated heterocycles. The summed E-state index contributed by atoms with van der Waals surface area (Å²) in [5.74, 6) is 0.424. The van der Waals surface area contributed by atoms with Gasteiger partial charge in [0.1, 0.15) is 5.78 Å². The lowest BCUT2D eigenvalue weighted by molar-refractivity contribution is -0.122. The van der Waals surface area contributed by atoms with Crippen LogP contribution in [-0.2, 0) is 4.79 Å². The van der Waals surface area contributed by atoms with Gasteiger partial charge in [0.05, 0.1) is 0 Å². The van der Waals surface area contributed by atoms with Crippen molar-refractivity contribution < 1.29 is 4.79 Å². The first kappa shape index (κ1) is 11.9. The smallest absolute Gasteiger partial charge is 0.136 e. The summed E-state index contributed by atoms with van der Waals surface area (Å²) in [4.78, 5) is 11.2. The monoisotopic (exact) mass is 191 g/mol. The van der Waals surface area contributed by atoms with Gasteiger partial charge in [-0.3, -0.25) is 4.79 Å². The van der Waals surface area contributed by atoms with E-state index in [1.54, 1.807) is 0 Å². The highest BCUT2D eigenvalue weighted by Crippen LogP contribution is 2.23. The summed E-state index contributed by atoms with van der Waals surface area (Å²) >= 11 is 0. The average Bonchev–Trinajstić information content (AvgIpc) is 2.04. The Hall–Kier alpha value is -0.0800. The van der Waals surface area contributed by atoms with Crippen molar-refractivity contribution in [1.29, 1.82) is 0 Å². The molecule has 0 radical (unpaired) electrons. The minimum Gasteiger partial charge on any atom is -0.310 e. The molecule has 0 amide bonds. The van der Waals surface area contributed by atoms with Crippen molar-refractivity contribution in [1.82, 2.24) is 5.32 Å². The molecule has 1 aliphatic rings. The molecule has 1 heterocycles. The van der Waals surface area contributed by atoms with Crippen molar-refractivity contribution in [2.24, 2.45) is 0 Å². The van der Waals surface area contributed by atoms with E-state index in [0.29, 0.717) is 5.78 Å². The second-order valence-corrected chi connectivity index (χ2v) is 3.38. The van der Waals surface area contributed by atoms with Gasteiger partial charge in [-0.1, -0.05) is 13.8 Å². The summed E-state index contributed by atoms with van der Waals surface area (Å²) in [7, 11) is 0. The maximum absolute atomic E-state index is 11.2. The van der Waals surface area contributed by atoms with Crippen molar-refractivity contribution in [2.45, 2.75) is 45.1 Å². The molecule has 1 rings (SSSR count). The van der Waals surface area contributed by atoms with Crippen LogP contribution in [0.5, 0.6) is 0 Å². The fraction of sp³-hybridized carbons (Fsp3) is 0.889. The minimum absolute atomic E-state index is 0. The first-order valence-electron chi connectivity index (χ1n) is 4.49. The van der Waals surface area contributed by atoms with Gasteiger partial charge in [0, 0.05) is 24.9 Å². The van der Waals surface area contributed by atoms with Crippen molar-refractivity contribution in [3.63, 3.8) is 0 Å². The van der Waals surface area contributed by atoms with E-state index in [9.17, 15) is 4.79 Å². The molecular formula is C9H18ClNO. The van der Waals surface area contributed by atoms with Crippen LogP contribution in [0.1, 0.15) is 39.5 Å². The number of hydrogen-bond acceptors (Lipinski definition) is 2. The largest absolute Gasteiger partial charge is 0.310 e. The number of hydrogen-bond donors (Lipinski definition) is 1. The van der Waals surface area contributed by atoms with Gasteiger partial charge in [-0.2, -0.15) is 0 Å². The molecule has 0 aromatic carbocycles. The Morgan fingerprint density at radius 1 is 1.42 bits per heavy atom. The molecular weight excluding hydrogens is 174 g/mol. The fourth-order valence-electron chi connectivity index (χ4n) is 1.75. The normalized spacial score (nSPS) is 21.7. The molecule has 72 valence electrons. The third-order valence-corrected chi connectivity index (χ3v) is 2.79. The molecule has 0 aromatic heterocycles. The van der Waals surface area contributed by atoms with E-state index in [4.69, 9.17) is 0 Å². The topological polar surface area (TPSA) is 29.1 Å². The fourth-order valence-corrected chi connectivity index (χ4v) is 1.75. The summed E-state index contributed by atoms with van der Waals surface area (Å²) in [6, 6.07) is 0. The van der Waals surface area contributed by atoms with E-state index in [0.717, 1.165) is 32.2 Å². The average molecular weight is 192 g/mol. The third-order valence-electron chi connectivity index (χ3n) is 2.79. The van der Waals surface area contributed by atoms with Gasteiger partial charge in [0.15, 0.2) is 0 Å². The number of ketones is 1. The SMILES string of the molecule is CCC1(CC)CC(=O)CCN1.Cl. The Morgan fingerprint density at radius 2 is 2.00 bits per heavy atom. The van der Waals surface area contributed by atoms with Crippen LogP contribution in [0.15, 0.2) is 0 Å². The van der Waals surface area contributed by atoms with Gasteiger partial charge >= 0.3 is 0 Å². The second kappa shape index (κ2) is 4.83. The summed E-state index contributed by atoms with van der Waals surface area (Å²) < 4.78 is 0. The van der Waals surface area contributed by atoms with Crippen molar-refractivity contribution in [3.05, 3.63) is 0 Å². The molecule has 0 spiro atoms. The zero-order valence-corrected chi connectivity index (χ0v) is 8.67. The van der Waals surface area contributed by atoms with Gasteiger partial charge in [-0.15, -0.1) is 12.4 Å². The van der Waals surface area contributed by atoms with E-state index in [1.807, 2.05) is 0 Å². The lowest BCUT2D eigenvalue weighted by atomic mass is 9.84. The van der Waals surface area contributed by atoms with Gasteiger partial charge < -0.3 is 5.32 Å². The number of nitrogens with one attached hydrogen (secondary N) is 1. The predicted octanol–water partition coefficient (Wildman–Crippen LogP) is 1.92. The summed E-state index contributed by atoms with van der Waals surface area (Å²) in [6.07, 6.45) is 3.59. The van der Waals surface area contributed by atoms with Crippen molar-refractivity contribution >= 4 is 18.2 Å². The number of Topliss-reactive ketones (excluding diaryl/α,β-unsaturated/α-hetero) is 1. The van der Waals surface area contributed by atoms with Crippen LogP contribution in [0.3, 0.4) is 0 Å². The highest BCUT2D eigenvalue weighted by atomic mass is 35.5. The van der Waals surface area contributed by atoms with Crippen LogP contribution in [0, 0.1) is 0 Å². The maximum atomic E-state index is 11.2. The Kier molecular flexibility index (Phi) is 4.80. The molecule has 0 saturated carbocycles. The summed E-state index contributed by atoms with van der Waals surface area (Å²) in [6.45, 7) is 5.17. The second-order valence-electron chi connectivity index (χ2n) is 3.38. The van der Waals surface area contributed by atoms with Crippen LogP contribution >= 0.6 is 12.4 Å². The van der Waals surface area contributed by atoms with Crippen LogP contribution in [0.2, 0.25) is 0 Å². The Bertz CT molecular complexity index is 155. The molecule has 3 heteroatoms. The molecule has 1 fully saturated rings. The zero-order chi connectivity index (χ0) is 8.32. The standard InChI is InChI=1S/C9H17NO.ClH/c1-3-9(4-2)7-8(11)5-6-10-9;/h10H,3-7H2,1-2H3;1H. The van der Waals surface area contributed by atoms with E-state index in [2.05, 4.69) is 19.2 Å². The molecule has 0 bridgehead atoms. The molecule has 2 nitrogen and oxygen atoms in total. The molecule has 1 N–H and O–H groups in total. The quantitative estimate of drug-likeness (QED) is 0.723. The first-order chi connectivity index (χ1) is 5.22. The number of piperidine rings is 1. The van der Waals surface area contributed by atoms with Gasteiger partial charge in [-0.05, 0) is 12.8 Å². The van der Waals surface area contributed by atoms with Crippen molar-refractivity contribution in [3.8, 4) is 0 Å². The molecule has 0 atom stereocenters. The Labute approximate surface area is 80.5 Å². The van der Waals surface area contributed by atoms with Gasteiger partial charge in [-0.25, -0.2) is 0 Å². The molecule has 0 unspecified atom stereocenters. The number of halogens is 1. The maximum Gasteiger partial charge on any atom is 0.136 e. The van der Waals surface area contributed by atoms with E-state index in [1.165, 1.54) is 0 Å². The first-order valence-corrected chi connectivity index (χ1v) is 4.49. The Morgan fingerprint density at radius 3 is 2.33 bits per heavy atom. The van der Waals surface area contributed by atoms with E-state index < -0.39 is 0 Å². The zero-order valence-electron chi connectivity index (χ0n) is 7.85. The van der Waals surface area contributed by atoms with Crippen LogP contribution < -0.4 is 5.32 Å². The van der Waals surface area contributed by atoms with E-state index >= 15 is 0 Å². The molecule has 0 aromatic rings. The van der Waals surface area contributed by atoms with Crippen LogP contribution in [-0.4, -0.2) is 17.9 Å².